The van der Waals surface area contributed by atoms with E-state index < -0.39 is 17.6 Å². The first kappa shape index (κ1) is 15.7. The zero-order chi connectivity index (χ0) is 14.7. The molecule has 0 fully saturated rings. The second-order valence-electron chi connectivity index (χ2n) is 5.30. The maximum atomic E-state index is 13.1. The molecular weight excluding hydrogens is 258 g/mol. The summed E-state index contributed by atoms with van der Waals surface area (Å²) in [6.07, 6.45) is -1.40. The van der Waals surface area contributed by atoms with Crippen LogP contribution in [0.1, 0.15) is 31.9 Å². The molecule has 106 valence electrons. The summed E-state index contributed by atoms with van der Waals surface area (Å²) in [5.41, 5.74) is -0.859. The van der Waals surface area contributed by atoms with E-state index in [1.807, 2.05) is 20.8 Å². The van der Waals surface area contributed by atoms with E-state index in [1.165, 1.54) is 6.08 Å². The Labute approximate surface area is 110 Å². The van der Waals surface area contributed by atoms with Crippen molar-refractivity contribution in [2.45, 2.75) is 32.5 Å². The predicted molar refractivity (Wildman–Crippen MR) is 68.2 cm³/mol. The van der Waals surface area contributed by atoms with E-state index in [2.05, 4.69) is 5.32 Å². The van der Waals surface area contributed by atoms with E-state index >= 15 is 0 Å². The normalized spacial score (nSPS) is 13.2. The van der Waals surface area contributed by atoms with E-state index in [9.17, 15) is 17.6 Å². The van der Waals surface area contributed by atoms with Gasteiger partial charge in [0, 0.05) is 12.1 Å². The van der Waals surface area contributed by atoms with Crippen molar-refractivity contribution >= 4 is 6.08 Å². The molecule has 0 saturated carbocycles. The van der Waals surface area contributed by atoms with Crippen LogP contribution in [0.2, 0.25) is 0 Å². The average Bonchev–Trinajstić information content (AvgIpc) is 2.21. The van der Waals surface area contributed by atoms with Crippen molar-refractivity contribution in [3.63, 3.8) is 0 Å². The summed E-state index contributed by atoms with van der Waals surface area (Å²) in [6, 6.07) is 2.49. The summed E-state index contributed by atoms with van der Waals surface area (Å²) >= 11 is 0. The predicted octanol–water partition coefficient (Wildman–Crippen LogP) is 4.25. The monoisotopic (exact) mass is 275 g/mol. The first-order valence-corrected chi connectivity index (χ1v) is 5.87. The van der Waals surface area contributed by atoms with Crippen LogP contribution in [0.15, 0.2) is 24.3 Å². The minimum absolute atomic E-state index is 0.0800. The molecule has 1 nitrogen and oxygen atoms in total. The van der Waals surface area contributed by atoms with Crippen molar-refractivity contribution in [3.8, 4) is 0 Å². The summed E-state index contributed by atoms with van der Waals surface area (Å²) in [7, 11) is 0. The minimum Gasteiger partial charge on any atom is -0.309 e. The van der Waals surface area contributed by atoms with Crippen molar-refractivity contribution < 1.29 is 17.6 Å². The zero-order valence-electron chi connectivity index (χ0n) is 11.1. The van der Waals surface area contributed by atoms with Crippen LogP contribution >= 0.6 is 0 Å². The van der Waals surface area contributed by atoms with Crippen molar-refractivity contribution in [2.24, 2.45) is 0 Å². The lowest BCUT2D eigenvalue weighted by molar-refractivity contribution is -0.137. The summed E-state index contributed by atoms with van der Waals surface area (Å²) in [6.45, 7) is 6.43. The lowest BCUT2D eigenvalue weighted by Gasteiger charge is -2.18. The minimum atomic E-state index is -4.53. The van der Waals surface area contributed by atoms with Gasteiger partial charge >= 0.3 is 6.18 Å². The van der Waals surface area contributed by atoms with Crippen LogP contribution in [-0.4, -0.2) is 12.1 Å². The van der Waals surface area contributed by atoms with Crippen molar-refractivity contribution in [1.29, 1.82) is 0 Å². The molecule has 0 radical (unpaired) electrons. The second kappa shape index (κ2) is 5.74. The lowest BCUT2D eigenvalue weighted by Crippen LogP contribution is -2.35. The van der Waals surface area contributed by atoms with Crippen LogP contribution in [-0.2, 0) is 6.18 Å². The third kappa shape index (κ3) is 5.87. The molecule has 1 aromatic rings. The molecule has 0 spiro atoms. The van der Waals surface area contributed by atoms with Crippen LogP contribution in [0.25, 0.3) is 6.08 Å². The van der Waals surface area contributed by atoms with Gasteiger partial charge in [-0.3, -0.25) is 0 Å². The topological polar surface area (TPSA) is 12.0 Å². The molecular formula is C14H17F4N. The Bertz CT molecular complexity index is 455. The van der Waals surface area contributed by atoms with Crippen LogP contribution in [0, 0.1) is 5.82 Å². The highest BCUT2D eigenvalue weighted by atomic mass is 19.4. The SMILES string of the molecule is CC(C)(C)NC/C=C/c1cc(F)cc(C(F)(F)F)c1. The molecule has 0 amide bonds. The quantitative estimate of drug-likeness (QED) is 0.813. The molecule has 0 unspecified atom stereocenters. The summed E-state index contributed by atoms with van der Waals surface area (Å²) in [5.74, 6) is -0.891. The molecule has 0 aliphatic rings. The largest absolute Gasteiger partial charge is 0.416 e. The summed E-state index contributed by atoms with van der Waals surface area (Å²) < 4.78 is 50.6. The Kier molecular flexibility index (Phi) is 4.74. The van der Waals surface area contributed by atoms with Gasteiger partial charge < -0.3 is 5.32 Å². The average molecular weight is 275 g/mol. The van der Waals surface area contributed by atoms with Gasteiger partial charge in [0.05, 0.1) is 5.56 Å². The molecule has 1 N–H and O–H groups in total. The van der Waals surface area contributed by atoms with Gasteiger partial charge in [-0.15, -0.1) is 0 Å². The van der Waals surface area contributed by atoms with Gasteiger partial charge in [0.25, 0.3) is 0 Å². The molecule has 5 heteroatoms. The second-order valence-corrected chi connectivity index (χ2v) is 5.30. The van der Waals surface area contributed by atoms with Crippen molar-refractivity contribution in [3.05, 3.63) is 41.2 Å². The molecule has 0 saturated heterocycles. The molecule has 0 heterocycles. The number of halogens is 4. The fourth-order valence-electron chi connectivity index (χ4n) is 1.43. The number of benzene rings is 1. The van der Waals surface area contributed by atoms with Crippen molar-refractivity contribution in [1.82, 2.24) is 5.32 Å². The van der Waals surface area contributed by atoms with Gasteiger partial charge in [-0.1, -0.05) is 12.2 Å². The molecule has 0 bridgehead atoms. The van der Waals surface area contributed by atoms with E-state index in [0.717, 1.165) is 12.1 Å². The standard InChI is InChI=1S/C14H17F4N/c1-13(2,3)19-6-4-5-10-7-11(14(16,17)18)9-12(15)8-10/h4-5,7-9,19H,6H2,1-3H3/b5-4+. The first-order chi connectivity index (χ1) is 8.58. The Hall–Kier alpha value is -1.36. The fourth-order valence-corrected chi connectivity index (χ4v) is 1.43. The van der Waals surface area contributed by atoms with E-state index in [4.69, 9.17) is 0 Å². The Morgan fingerprint density at radius 1 is 1.11 bits per heavy atom. The molecule has 1 aromatic carbocycles. The third-order valence-electron chi connectivity index (χ3n) is 2.31. The number of rotatable bonds is 3. The third-order valence-corrected chi connectivity index (χ3v) is 2.31. The summed E-state index contributed by atoms with van der Waals surface area (Å²) in [4.78, 5) is 0. The highest BCUT2D eigenvalue weighted by molar-refractivity contribution is 5.51. The Balaban J connectivity index is 2.79. The van der Waals surface area contributed by atoms with E-state index in [1.54, 1.807) is 6.08 Å². The highest BCUT2D eigenvalue weighted by Crippen LogP contribution is 2.30. The smallest absolute Gasteiger partial charge is 0.309 e. The highest BCUT2D eigenvalue weighted by Gasteiger charge is 2.31. The van der Waals surface area contributed by atoms with E-state index in [0.29, 0.717) is 12.6 Å². The maximum Gasteiger partial charge on any atom is 0.416 e. The Morgan fingerprint density at radius 3 is 2.26 bits per heavy atom. The van der Waals surface area contributed by atoms with E-state index in [-0.39, 0.29) is 11.1 Å². The van der Waals surface area contributed by atoms with Gasteiger partial charge in [0.1, 0.15) is 5.82 Å². The van der Waals surface area contributed by atoms with Crippen molar-refractivity contribution in [2.75, 3.05) is 6.54 Å². The lowest BCUT2D eigenvalue weighted by atomic mass is 10.1. The van der Waals surface area contributed by atoms with Crippen LogP contribution < -0.4 is 5.32 Å². The van der Waals surface area contributed by atoms with Gasteiger partial charge in [-0.2, -0.15) is 13.2 Å². The Morgan fingerprint density at radius 2 is 1.74 bits per heavy atom. The molecule has 1 rings (SSSR count). The van der Waals surface area contributed by atoms with Crippen LogP contribution in [0.3, 0.4) is 0 Å². The van der Waals surface area contributed by atoms with Gasteiger partial charge in [0.2, 0.25) is 0 Å². The van der Waals surface area contributed by atoms with Gasteiger partial charge in [0.15, 0.2) is 0 Å². The maximum absolute atomic E-state index is 13.1. The molecule has 0 atom stereocenters. The van der Waals surface area contributed by atoms with Crippen LogP contribution in [0.5, 0.6) is 0 Å². The number of hydrogen-bond acceptors (Lipinski definition) is 1. The molecule has 0 aromatic heterocycles. The molecule has 0 aliphatic carbocycles. The summed E-state index contributed by atoms with van der Waals surface area (Å²) in [5, 5.41) is 3.15. The molecule has 0 aliphatic heterocycles. The number of nitrogens with one attached hydrogen (secondary N) is 1. The number of hydrogen-bond donors (Lipinski definition) is 1. The van der Waals surface area contributed by atoms with Gasteiger partial charge in [-0.25, -0.2) is 4.39 Å². The van der Waals surface area contributed by atoms with Crippen LogP contribution in [0.4, 0.5) is 17.6 Å². The molecule has 19 heavy (non-hydrogen) atoms. The number of alkyl halides is 3. The van der Waals surface area contributed by atoms with Gasteiger partial charge in [-0.05, 0) is 44.5 Å². The first-order valence-electron chi connectivity index (χ1n) is 5.87. The fraction of sp³-hybridized carbons (Fsp3) is 0.429. The zero-order valence-corrected chi connectivity index (χ0v) is 11.1.